The highest BCUT2D eigenvalue weighted by molar-refractivity contribution is 4.87. The summed E-state index contributed by atoms with van der Waals surface area (Å²) in [5.74, 6) is 0. The van der Waals surface area contributed by atoms with Crippen LogP contribution < -0.4 is 5.32 Å². The molecule has 0 radical (unpaired) electrons. The largest absolute Gasteiger partial charge is 0.377 e. The van der Waals surface area contributed by atoms with Crippen molar-refractivity contribution < 1.29 is 4.74 Å². The third kappa shape index (κ3) is 4.52. The van der Waals surface area contributed by atoms with E-state index in [0.29, 0.717) is 23.6 Å². The summed E-state index contributed by atoms with van der Waals surface area (Å²) in [5, 5.41) is 3.70. The van der Waals surface area contributed by atoms with Crippen LogP contribution in [0.1, 0.15) is 47.5 Å². The Kier molecular flexibility index (Phi) is 6.09. The van der Waals surface area contributed by atoms with Crippen LogP contribution in [0.4, 0.5) is 0 Å². The molecule has 1 rings (SSSR count). The van der Waals surface area contributed by atoms with E-state index in [0.717, 1.165) is 19.7 Å². The zero-order valence-electron chi connectivity index (χ0n) is 13.1. The van der Waals surface area contributed by atoms with Crippen LogP contribution in [-0.4, -0.2) is 49.8 Å². The van der Waals surface area contributed by atoms with Crippen molar-refractivity contribution in [2.24, 2.45) is 5.41 Å². The average molecular weight is 256 g/mol. The van der Waals surface area contributed by atoms with Gasteiger partial charge in [-0.3, -0.25) is 4.90 Å². The van der Waals surface area contributed by atoms with E-state index in [1.165, 1.54) is 12.8 Å². The smallest absolute Gasteiger partial charge is 0.0702 e. The minimum absolute atomic E-state index is 0.298. The fraction of sp³-hybridized carbons (Fsp3) is 1.00. The first-order chi connectivity index (χ1) is 8.36. The predicted molar refractivity (Wildman–Crippen MR) is 78.0 cm³/mol. The van der Waals surface area contributed by atoms with Gasteiger partial charge in [0.1, 0.15) is 0 Å². The summed E-state index contributed by atoms with van der Waals surface area (Å²) >= 11 is 0. The molecule has 3 nitrogen and oxygen atoms in total. The lowest BCUT2D eigenvalue weighted by atomic mass is 9.86. The van der Waals surface area contributed by atoms with E-state index in [9.17, 15) is 0 Å². The van der Waals surface area contributed by atoms with Crippen LogP contribution in [-0.2, 0) is 4.74 Å². The lowest BCUT2D eigenvalue weighted by Crippen LogP contribution is -2.51. The van der Waals surface area contributed by atoms with Crippen molar-refractivity contribution in [3.63, 3.8) is 0 Å². The van der Waals surface area contributed by atoms with Crippen LogP contribution in [0.15, 0.2) is 0 Å². The maximum absolute atomic E-state index is 5.67. The molecule has 1 saturated heterocycles. The summed E-state index contributed by atoms with van der Waals surface area (Å²) < 4.78 is 5.67. The van der Waals surface area contributed by atoms with E-state index in [1.807, 2.05) is 0 Å². The Morgan fingerprint density at radius 3 is 2.50 bits per heavy atom. The summed E-state index contributed by atoms with van der Waals surface area (Å²) in [6, 6.07) is 1.12. The number of likely N-dealkylation sites (N-methyl/N-ethyl adjacent to an activating group) is 1. The summed E-state index contributed by atoms with van der Waals surface area (Å²) in [5.41, 5.74) is 0.298. The van der Waals surface area contributed by atoms with Crippen LogP contribution in [0.25, 0.3) is 0 Å². The molecule has 0 aliphatic carbocycles. The number of rotatable bonds is 6. The fourth-order valence-electron chi connectivity index (χ4n) is 2.69. The zero-order valence-corrected chi connectivity index (χ0v) is 13.1. The monoisotopic (exact) mass is 256 g/mol. The predicted octanol–water partition coefficient (Wildman–Crippen LogP) is 2.51. The van der Waals surface area contributed by atoms with Crippen molar-refractivity contribution in [2.45, 2.75) is 65.6 Å². The summed E-state index contributed by atoms with van der Waals surface area (Å²) in [6.07, 6.45) is 2.74. The van der Waals surface area contributed by atoms with Crippen LogP contribution >= 0.6 is 0 Å². The second kappa shape index (κ2) is 6.88. The Hall–Kier alpha value is -0.120. The van der Waals surface area contributed by atoms with Gasteiger partial charge in [-0.2, -0.15) is 0 Å². The molecule has 3 unspecified atom stereocenters. The van der Waals surface area contributed by atoms with Crippen molar-refractivity contribution >= 4 is 0 Å². The zero-order chi connectivity index (χ0) is 13.8. The van der Waals surface area contributed by atoms with E-state index >= 15 is 0 Å². The van der Waals surface area contributed by atoms with Crippen LogP contribution in [0.5, 0.6) is 0 Å². The fourth-order valence-corrected chi connectivity index (χ4v) is 2.69. The summed E-state index contributed by atoms with van der Waals surface area (Å²) in [4.78, 5) is 2.48. The normalized spacial score (nSPS) is 26.8. The van der Waals surface area contributed by atoms with Crippen molar-refractivity contribution in [3.05, 3.63) is 0 Å². The third-order valence-electron chi connectivity index (χ3n) is 4.06. The highest BCUT2D eigenvalue weighted by Crippen LogP contribution is 2.23. The first-order valence-corrected chi connectivity index (χ1v) is 7.41. The van der Waals surface area contributed by atoms with Gasteiger partial charge in [0.25, 0.3) is 0 Å². The second-order valence-electron chi connectivity index (χ2n) is 6.74. The molecule has 0 aromatic carbocycles. The van der Waals surface area contributed by atoms with Gasteiger partial charge in [-0.15, -0.1) is 0 Å². The summed E-state index contributed by atoms with van der Waals surface area (Å²) in [7, 11) is 2.24. The van der Waals surface area contributed by atoms with E-state index < -0.39 is 0 Å². The first-order valence-electron chi connectivity index (χ1n) is 7.41. The van der Waals surface area contributed by atoms with Gasteiger partial charge in [-0.05, 0) is 38.8 Å². The molecule has 0 saturated carbocycles. The number of nitrogens with zero attached hydrogens (tertiary/aromatic N) is 1. The average Bonchev–Trinajstić information content (AvgIpc) is 2.68. The van der Waals surface area contributed by atoms with Gasteiger partial charge < -0.3 is 10.1 Å². The number of hydrogen-bond acceptors (Lipinski definition) is 3. The Bertz CT molecular complexity index is 237. The summed E-state index contributed by atoms with van der Waals surface area (Å²) in [6.45, 7) is 14.5. The molecule has 1 aliphatic heterocycles. The molecule has 0 spiro atoms. The van der Waals surface area contributed by atoms with Crippen molar-refractivity contribution in [3.8, 4) is 0 Å². The lowest BCUT2D eigenvalue weighted by Gasteiger charge is -2.37. The molecule has 1 aliphatic rings. The van der Waals surface area contributed by atoms with Crippen LogP contribution in [0, 0.1) is 5.41 Å². The standard InChI is InChI=1S/C15H32N2O/c1-7-9-16-14(15(3,4)5)11-17(6)13-8-10-18-12(13)2/h12-14,16H,7-11H2,1-6H3. The minimum Gasteiger partial charge on any atom is -0.377 e. The van der Waals surface area contributed by atoms with Gasteiger partial charge in [0.15, 0.2) is 0 Å². The van der Waals surface area contributed by atoms with E-state index in [-0.39, 0.29) is 0 Å². The Labute approximate surface area is 113 Å². The van der Waals surface area contributed by atoms with E-state index in [1.54, 1.807) is 0 Å². The van der Waals surface area contributed by atoms with Gasteiger partial charge in [-0.1, -0.05) is 27.7 Å². The maximum Gasteiger partial charge on any atom is 0.0702 e. The highest BCUT2D eigenvalue weighted by Gasteiger charge is 2.32. The molecule has 0 aromatic rings. The van der Waals surface area contributed by atoms with Crippen LogP contribution in [0.3, 0.4) is 0 Å². The lowest BCUT2D eigenvalue weighted by molar-refractivity contribution is 0.0729. The van der Waals surface area contributed by atoms with Gasteiger partial charge in [0.2, 0.25) is 0 Å². The topological polar surface area (TPSA) is 24.5 Å². The van der Waals surface area contributed by atoms with E-state index in [4.69, 9.17) is 4.74 Å². The SMILES string of the molecule is CCCNC(CN(C)C1CCOC1C)C(C)(C)C. The molecule has 108 valence electrons. The molecule has 3 atom stereocenters. The number of nitrogens with one attached hydrogen (secondary N) is 1. The van der Waals surface area contributed by atoms with Crippen molar-refractivity contribution in [2.75, 3.05) is 26.7 Å². The number of ether oxygens (including phenoxy) is 1. The first kappa shape index (κ1) is 15.9. The van der Waals surface area contributed by atoms with Crippen molar-refractivity contribution in [1.82, 2.24) is 10.2 Å². The maximum atomic E-state index is 5.67. The second-order valence-corrected chi connectivity index (χ2v) is 6.74. The molecule has 1 heterocycles. The molecule has 1 N–H and O–H groups in total. The molecular formula is C15H32N2O. The third-order valence-corrected chi connectivity index (χ3v) is 4.06. The Balaban J connectivity index is 2.53. The van der Waals surface area contributed by atoms with Crippen molar-refractivity contribution in [1.29, 1.82) is 0 Å². The molecule has 1 fully saturated rings. The van der Waals surface area contributed by atoms with Gasteiger partial charge in [0, 0.05) is 25.2 Å². The van der Waals surface area contributed by atoms with Gasteiger partial charge in [0.05, 0.1) is 6.10 Å². The Morgan fingerprint density at radius 2 is 2.06 bits per heavy atom. The van der Waals surface area contributed by atoms with Gasteiger partial charge in [-0.25, -0.2) is 0 Å². The van der Waals surface area contributed by atoms with E-state index in [2.05, 4.69) is 51.9 Å². The Morgan fingerprint density at radius 1 is 1.39 bits per heavy atom. The highest BCUT2D eigenvalue weighted by atomic mass is 16.5. The molecule has 0 amide bonds. The van der Waals surface area contributed by atoms with Gasteiger partial charge >= 0.3 is 0 Å². The molecule has 3 heteroatoms. The number of hydrogen-bond donors (Lipinski definition) is 1. The molecule has 0 bridgehead atoms. The molecule has 0 aromatic heterocycles. The quantitative estimate of drug-likeness (QED) is 0.790. The minimum atomic E-state index is 0.298. The van der Waals surface area contributed by atoms with Crippen LogP contribution in [0.2, 0.25) is 0 Å². The molecular weight excluding hydrogens is 224 g/mol. The molecule has 18 heavy (non-hydrogen) atoms.